The Balaban J connectivity index is 3.78. The van der Waals surface area contributed by atoms with E-state index < -0.39 is 5.60 Å². The molecule has 0 aliphatic carbocycles. The minimum Gasteiger partial charge on any atom is -0.390 e. The van der Waals surface area contributed by atoms with Gasteiger partial charge >= 0.3 is 0 Å². The van der Waals surface area contributed by atoms with Gasteiger partial charge in [0, 0.05) is 6.42 Å². The van der Waals surface area contributed by atoms with Gasteiger partial charge in [0.25, 0.3) is 0 Å². The molecule has 76 valence electrons. The first kappa shape index (κ1) is 12.4. The van der Waals surface area contributed by atoms with Gasteiger partial charge in [-0.3, -0.25) is 0 Å². The summed E-state index contributed by atoms with van der Waals surface area (Å²) in [5, 5.41) is 9.93. The molecule has 13 heavy (non-hydrogen) atoms. The van der Waals surface area contributed by atoms with Crippen molar-refractivity contribution in [3.05, 3.63) is 24.8 Å². The maximum Gasteiger partial charge on any atom is 0.0659 e. The molecule has 1 nitrogen and oxygen atoms in total. The van der Waals surface area contributed by atoms with Gasteiger partial charge in [0.05, 0.1) is 5.60 Å². The quantitative estimate of drug-likeness (QED) is 0.472. The van der Waals surface area contributed by atoms with Crippen molar-refractivity contribution < 1.29 is 5.11 Å². The smallest absolute Gasteiger partial charge is 0.0659 e. The van der Waals surface area contributed by atoms with E-state index in [-0.39, 0.29) is 0 Å². The van der Waals surface area contributed by atoms with E-state index in [4.69, 9.17) is 0 Å². The summed E-state index contributed by atoms with van der Waals surface area (Å²) in [4.78, 5) is 0. The van der Waals surface area contributed by atoms with Crippen LogP contribution in [0.3, 0.4) is 0 Å². The maximum atomic E-state index is 9.93. The Labute approximate surface area is 82.2 Å². The molecule has 0 fully saturated rings. The Bertz CT molecular complexity index is 168. The second kappa shape index (κ2) is 5.98. The van der Waals surface area contributed by atoms with Gasteiger partial charge in [-0.15, -0.1) is 0 Å². The number of hydrogen-bond acceptors (Lipinski definition) is 1. The highest BCUT2D eigenvalue weighted by Crippen LogP contribution is 2.22. The lowest BCUT2D eigenvalue weighted by atomic mass is 9.91. The second-order valence-corrected chi connectivity index (χ2v) is 3.99. The van der Waals surface area contributed by atoms with E-state index in [0.717, 1.165) is 18.4 Å². The highest BCUT2D eigenvalue weighted by atomic mass is 16.3. The van der Waals surface area contributed by atoms with Crippen molar-refractivity contribution in [1.82, 2.24) is 0 Å². The van der Waals surface area contributed by atoms with Gasteiger partial charge in [0.2, 0.25) is 0 Å². The summed E-state index contributed by atoms with van der Waals surface area (Å²) >= 11 is 0. The summed E-state index contributed by atoms with van der Waals surface area (Å²) < 4.78 is 0. The summed E-state index contributed by atoms with van der Waals surface area (Å²) in [7, 11) is 0. The Hall–Kier alpha value is -0.560. The molecule has 0 aromatic rings. The number of unbranched alkanes of at least 4 members (excludes halogenated alkanes) is 2. The predicted octanol–water partition coefficient (Wildman–Crippen LogP) is 3.45. The number of hydrogen-bond donors (Lipinski definition) is 1. The lowest BCUT2D eigenvalue weighted by Gasteiger charge is -2.23. The van der Waals surface area contributed by atoms with Crippen LogP contribution in [0.5, 0.6) is 0 Å². The summed E-state index contributed by atoms with van der Waals surface area (Å²) in [6, 6.07) is 0. The van der Waals surface area contributed by atoms with Crippen molar-refractivity contribution >= 4 is 0 Å². The average Bonchev–Trinajstić information content (AvgIpc) is 2.03. The normalized spacial score (nSPS) is 15.0. The molecule has 0 bridgehead atoms. The fourth-order valence-corrected chi connectivity index (χ4v) is 1.41. The van der Waals surface area contributed by atoms with Crippen LogP contribution in [0.2, 0.25) is 0 Å². The van der Waals surface area contributed by atoms with E-state index in [0.29, 0.717) is 6.42 Å². The third kappa shape index (κ3) is 6.59. The van der Waals surface area contributed by atoms with Crippen molar-refractivity contribution in [2.75, 3.05) is 0 Å². The fraction of sp³-hybridized carbons (Fsp3) is 0.667. The highest BCUT2D eigenvalue weighted by molar-refractivity contribution is 5.13. The van der Waals surface area contributed by atoms with E-state index in [1.54, 1.807) is 6.08 Å². The molecule has 1 N–H and O–H groups in total. The number of rotatable bonds is 7. The maximum absolute atomic E-state index is 9.93. The molecule has 0 aliphatic rings. The molecule has 1 heteroatoms. The van der Waals surface area contributed by atoms with E-state index in [9.17, 15) is 5.11 Å². The molecule has 0 aromatic carbocycles. The number of allylic oxidation sites excluding steroid dienone is 1. The van der Waals surface area contributed by atoms with Crippen LogP contribution in [0.25, 0.3) is 0 Å². The van der Waals surface area contributed by atoms with Gasteiger partial charge in [0.15, 0.2) is 0 Å². The van der Waals surface area contributed by atoms with Gasteiger partial charge in [-0.2, -0.15) is 0 Å². The van der Waals surface area contributed by atoms with E-state index in [1.807, 2.05) is 6.92 Å². The van der Waals surface area contributed by atoms with Crippen LogP contribution >= 0.6 is 0 Å². The third-order valence-corrected chi connectivity index (χ3v) is 2.22. The molecule has 0 rings (SSSR count). The van der Waals surface area contributed by atoms with E-state index in [1.165, 1.54) is 12.8 Å². The summed E-state index contributed by atoms with van der Waals surface area (Å²) in [6.45, 7) is 11.5. The highest BCUT2D eigenvalue weighted by Gasteiger charge is 2.19. The van der Waals surface area contributed by atoms with Crippen molar-refractivity contribution in [2.24, 2.45) is 0 Å². The first-order valence-electron chi connectivity index (χ1n) is 5.04. The minimum absolute atomic E-state index is 0.597. The van der Waals surface area contributed by atoms with Crippen LogP contribution in [0.15, 0.2) is 24.8 Å². The Morgan fingerprint density at radius 2 is 2.08 bits per heavy atom. The van der Waals surface area contributed by atoms with Gasteiger partial charge in [-0.1, -0.05) is 51.0 Å². The minimum atomic E-state index is -0.597. The lowest BCUT2D eigenvalue weighted by Crippen LogP contribution is -2.24. The van der Waals surface area contributed by atoms with Gasteiger partial charge < -0.3 is 5.11 Å². The molecule has 0 aliphatic heterocycles. The summed E-state index contributed by atoms with van der Waals surface area (Å²) in [5.74, 6) is 0. The first-order valence-corrected chi connectivity index (χ1v) is 5.04. The van der Waals surface area contributed by atoms with Gasteiger partial charge in [-0.05, 0) is 13.3 Å². The van der Waals surface area contributed by atoms with Crippen molar-refractivity contribution in [1.29, 1.82) is 0 Å². The molecular weight excluding hydrogens is 160 g/mol. The van der Waals surface area contributed by atoms with E-state index in [2.05, 4.69) is 20.1 Å². The first-order chi connectivity index (χ1) is 6.02. The zero-order chi connectivity index (χ0) is 10.3. The van der Waals surface area contributed by atoms with Crippen LogP contribution in [0, 0.1) is 0 Å². The fourth-order valence-electron chi connectivity index (χ4n) is 1.41. The topological polar surface area (TPSA) is 20.2 Å². The van der Waals surface area contributed by atoms with Crippen LogP contribution in [0.1, 0.15) is 46.0 Å². The van der Waals surface area contributed by atoms with Gasteiger partial charge in [-0.25, -0.2) is 0 Å². The number of aliphatic hydroxyl groups is 1. The van der Waals surface area contributed by atoms with Crippen LogP contribution in [-0.4, -0.2) is 10.7 Å². The van der Waals surface area contributed by atoms with Crippen molar-refractivity contribution in [2.45, 2.75) is 51.6 Å². The summed E-state index contributed by atoms with van der Waals surface area (Å²) in [5.41, 5.74) is 0.321. The Kier molecular flexibility index (Phi) is 5.72. The van der Waals surface area contributed by atoms with Crippen LogP contribution in [-0.2, 0) is 0 Å². The molecule has 1 unspecified atom stereocenters. The monoisotopic (exact) mass is 182 g/mol. The van der Waals surface area contributed by atoms with Crippen molar-refractivity contribution in [3.8, 4) is 0 Å². The summed E-state index contributed by atoms with van der Waals surface area (Å²) in [6.07, 6.45) is 6.69. The zero-order valence-electron chi connectivity index (χ0n) is 8.97. The standard InChI is InChI=1S/C12H22O/c1-5-7-8-9-12(4,13)10-11(3)6-2/h6,13H,2-3,5,7-10H2,1,4H3. The van der Waals surface area contributed by atoms with Gasteiger partial charge in [0.1, 0.15) is 0 Å². The second-order valence-electron chi connectivity index (χ2n) is 3.99. The van der Waals surface area contributed by atoms with E-state index >= 15 is 0 Å². The van der Waals surface area contributed by atoms with Crippen molar-refractivity contribution in [3.63, 3.8) is 0 Å². The van der Waals surface area contributed by atoms with Crippen LogP contribution < -0.4 is 0 Å². The van der Waals surface area contributed by atoms with Crippen LogP contribution in [0.4, 0.5) is 0 Å². The largest absolute Gasteiger partial charge is 0.390 e. The average molecular weight is 182 g/mol. The molecule has 0 heterocycles. The molecule has 0 saturated carbocycles. The molecule has 0 radical (unpaired) electrons. The molecule has 0 aromatic heterocycles. The Morgan fingerprint density at radius 3 is 2.54 bits per heavy atom. The molecule has 1 atom stereocenters. The Morgan fingerprint density at radius 1 is 1.46 bits per heavy atom. The molecule has 0 amide bonds. The SMILES string of the molecule is C=CC(=C)CC(C)(O)CCCCC. The molecular formula is C12H22O. The third-order valence-electron chi connectivity index (χ3n) is 2.22. The zero-order valence-corrected chi connectivity index (χ0v) is 8.97. The lowest BCUT2D eigenvalue weighted by molar-refractivity contribution is 0.0495. The molecule has 0 spiro atoms. The molecule has 0 saturated heterocycles. The predicted molar refractivity (Wildman–Crippen MR) is 58.7 cm³/mol.